The Bertz CT molecular complexity index is 796. The second-order valence-electron chi connectivity index (χ2n) is 6.31. The number of aromatic nitrogens is 1. The summed E-state index contributed by atoms with van der Waals surface area (Å²) in [6.45, 7) is 1.65. The van der Waals surface area contributed by atoms with E-state index in [0.717, 1.165) is 6.20 Å². The standard InChI is InChI=1S/C19H19F2NO3/c1-12-16(4-3-5-17(12)21)19(18(23)24-2)7-6-14(9-19)25-15-8-13(20)10-22-11-15/h3-5,8,10-11,14H,6-7,9H2,1-2H3/t14-,19+/m1/s1. The Morgan fingerprint density at radius 1 is 1.32 bits per heavy atom. The van der Waals surface area contributed by atoms with Crippen LogP contribution in [0.25, 0.3) is 0 Å². The number of halogens is 2. The van der Waals surface area contributed by atoms with Gasteiger partial charge in [0.15, 0.2) is 0 Å². The van der Waals surface area contributed by atoms with Crippen molar-refractivity contribution in [1.82, 2.24) is 4.98 Å². The first-order valence-corrected chi connectivity index (χ1v) is 8.07. The third-order valence-corrected chi connectivity index (χ3v) is 4.81. The van der Waals surface area contributed by atoms with Gasteiger partial charge in [-0.3, -0.25) is 9.78 Å². The molecule has 1 saturated carbocycles. The van der Waals surface area contributed by atoms with E-state index in [4.69, 9.17) is 9.47 Å². The fourth-order valence-electron chi connectivity index (χ4n) is 3.61. The van der Waals surface area contributed by atoms with E-state index in [2.05, 4.69) is 4.98 Å². The molecule has 0 spiro atoms. The smallest absolute Gasteiger partial charge is 0.316 e. The van der Waals surface area contributed by atoms with Crippen LogP contribution in [0.3, 0.4) is 0 Å². The Balaban J connectivity index is 1.91. The molecule has 4 nitrogen and oxygen atoms in total. The zero-order valence-electron chi connectivity index (χ0n) is 14.1. The highest BCUT2D eigenvalue weighted by atomic mass is 19.1. The molecule has 25 heavy (non-hydrogen) atoms. The zero-order valence-corrected chi connectivity index (χ0v) is 14.1. The molecule has 0 saturated heterocycles. The van der Waals surface area contributed by atoms with Crippen molar-refractivity contribution >= 4 is 5.97 Å². The van der Waals surface area contributed by atoms with Crippen molar-refractivity contribution in [2.75, 3.05) is 7.11 Å². The van der Waals surface area contributed by atoms with E-state index in [-0.39, 0.29) is 11.9 Å². The highest BCUT2D eigenvalue weighted by Gasteiger charge is 2.49. The summed E-state index contributed by atoms with van der Waals surface area (Å²) in [4.78, 5) is 16.3. The van der Waals surface area contributed by atoms with Crippen molar-refractivity contribution in [3.05, 3.63) is 59.4 Å². The summed E-state index contributed by atoms with van der Waals surface area (Å²) >= 11 is 0. The Morgan fingerprint density at radius 3 is 2.84 bits per heavy atom. The Morgan fingerprint density at radius 2 is 2.12 bits per heavy atom. The van der Waals surface area contributed by atoms with E-state index in [1.807, 2.05) is 0 Å². The monoisotopic (exact) mass is 347 g/mol. The number of ether oxygens (including phenoxy) is 2. The molecule has 0 aliphatic heterocycles. The number of benzene rings is 1. The SMILES string of the molecule is COC(=O)[C@@]1(c2cccc(F)c2C)CC[C@@H](Oc2cncc(F)c2)C1. The molecule has 1 aromatic carbocycles. The second kappa shape index (κ2) is 6.78. The first-order chi connectivity index (χ1) is 12.0. The van der Waals surface area contributed by atoms with Crippen molar-refractivity contribution in [3.63, 3.8) is 0 Å². The molecular formula is C19H19F2NO3. The topological polar surface area (TPSA) is 48.4 Å². The van der Waals surface area contributed by atoms with Gasteiger partial charge in [0.1, 0.15) is 23.5 Å². The Hall–Kier alpha value is -2.50. The fourth-order valence-corrected chi connectivity index (χ4v) is 3.61. The van der Waals surface area contributed by atoms with Crippen LogP contribution in [0.2, 0.25) is 0 Å². The molecule has 3 rings (SSSR count). The molecule has 1 heterocycles. The lowest BCUT2D eigenvalue weighted by Gasteiger charge is -2.28. The van der Waals surface area contributed by atoms with Crippen LogP contribution in [0.5, 0.6) is 5.75 Å². The Labute approximate surface area is 144 Å². The van der Waals surface area contributed by atoms with E-state index < -0.39 is 17.2 Å². The average Bonchev–Trinajstić information content (AvgIpc) is 3.01. The van der Waals surface area contributed by atoms with E-state index >= 15 is 0 Å². The maximum absolute atomic E-state index is 14.0. The molecule has 0 N–H and O–H groups in total. The lowest BCUT2D eigenvalue weighted by molar-refractivity contribution is -0.147. The van der Waals surface area contributed by atoms with Crippen LogP contribution in [0.1, 0.15) is 30.4 Å². The molecule has 0 radical (unpaired) electrons. The van der Waals surface area contributed by atoms with E-state index in [1.165, 1.54) is 25.4 Å². The molecule has 1 aliphatic carbocycles. The highest BCUT2D eigenvalue weighted by molar-refractivity contribution is 5.84. The number of rotatable bonds is 4. The molecular weight excluding hydrogens is 328 g/mol. The maximum atomic E-state index is 14.0. The third kappa shape index (κ3) is 3.21. The van der Waals surface area contributed by atoms with Gasteiger partial charge in [0.2, 0.25) is 0 Å². The molecule has 0 bridgehead atoms. The minimum Gasteiger partial charge on any atom is -0.489 e. The normalized spacial score (nSPS) is 22.6. The predicted molar refractivity (Wildman–Crippen MR) is 87.3 cm³/mol. The maximum Gasteiger partial charge on any atom is 0.316 e. The number of carbonyl (C=O) groups excluding carboxylic acids is 1. The van der Waals surface area contributed by atoms with Crippen LogP contribution in [0, 0.1) is 18.6 Å². The molecule has 0 amide bonds. The van der Waals surface area contributed by atoms with Gasteiger partial charge in [-0.2, -0.15) is 0 Å². The number of hydrogen-bond donors (Lipinski definition) is 0. The van der Waals surface area contributed by atoms with Crippen molar-refractivity contribution in [3.8, 4) is 5.75 Å². The summed E-state index contributed by atoms with van der Waals surface area (Å²) in [5.74, 6) is -0.957. The van der Waals surface area contributed by atoms with Crippen molar-refractivity contribution < 1.29 is 23.0 Å². The van der Waals surface area contributed by atoms with Crippen LogP contribution < -0.4 is 4.74 Å². The minimum atomic E-state index is -0.966. The van der Waals surface area contributed by atoms with E-state index in [9.17, 15) is 13.6 Å². The number of pyridine rings is 1. The first-order valence-electron chi connectivity index (χ1n) is 8.07. The van der Waals surface area contributed by atoms with Crippen molar-refractivity contribution in [1.29, 1.82) is 0 Å². The highest BCUT2D eigenvalue weighted by Crippen LogP contribution is 2.45. The van der Waals surface area contributed by atoms with Crippen LogP contribution in [0.15, 0.2) is 36.7 Å². The molecule has 2 atom stereocenters. The fraction of sp³-hybridized carbons (Fsp3) is 0.368. The predicted octanol–water partition coefficient (Wildman–Crippen LogP) is 3.71. The molecule has 1 aliphatic rings. The van der Waals surface area contributed by atoms with Gasteiger partial charge in [-0.15, -0.1) is 0 Å². The van der Waals surface area contributed by atoms with E-state index in [0.29, 0.717) is 36.1 Å². The largest absolute Gasteiger partial charge is 0.489 e. The molecule has 0 unspecified atom stereocenters. The van der Waals surface area contributed by atoms with Crippen LogP contribution in [-0.2, 0) is 14.9 Å². The number of hydrogen-bond acceptors (Lipinski definition) is 4. The van der Waals surface area contributed by atoms with Crippen molar-refractivity contribution in [2.24, 2.45) is 0 Å². The van der Waals surface area contributed by atoms with Gasteiger partial charge >= 0.3 is 5.97 Å². The molecule has 2 aromatic rings. The minimum absolute atomic E-state index is 0.307. The van der Waals surface area contributed by atoms with Gasteiger partial charge in [0, 0.05) is 12.5 Å². The Kier molecular flexibility index (Phi) is 4.70. The summed E-state index contributed by atoms with van der Waals surface area (Å²) in [5, 5.41) is 0. The summed E-state index contributed by atoms with van der Waals surface area (Å²) in [7, 11) is 1.32. The van der Waals surface area contributed by atoms with Crippen LogP contribution in [0.4, 0.5) is 8.78 Å². The first kappa shape index (κ1) is 17.3. The van der Waals surface area contributed by atoms with Gasteiger partial charge < -0.3 is 9.47 Å². The third-order valence-electron chi connectivity index (χ3n) is 4.81. The van der Waals surface area contributed by atoms with Gasteiger partial charge in [0.25, 0.3) is 0 Å². The summed E-state index contributed by atoms with van der Waals surface area (Å²) in [6, 6.07) is 5.96. The van der Waals surface area contributed by atoms with Gasteiger partial charge in [-0.05, 0) is 37.0 Å². The zero-order chi connectivity index (χ0) is 18.0. The van der Waals surface area contributed by atoms with Crippen LogP contribution >= 0.6 is 0 Å². The van der Waals surface area contributed by atoms with Gasteiger partial charge in [0.05, 0.1) is 24.9 Å². The van der Waals surface area contributed by atoms with Crippen molar-refractivity contribution in [2.45, 2.75) is 37.7 Å². The lowest BCUT2D eigenvalue weighted by atomic mass is 9.76. The average molecular weight is 347 g/mol. The molecule has 132 valence electrons. The molecule has 1 aromatic heterocycles. The summed E-state index contributed by atoms with van der Waals surface area (Å²) < 4.78 is 38.1. The molecule has 6 heteroatoms. The van der Waals surface area contributed by atoms with E-state index in [1.54, 1.807) is 19.1 Å². The molecule has 1 fully saturated rings. The summed E-state index contributed by atoms with van der Waals surface area (Å²) in [6.07, 6.45) is 3.58. The lowest BCUT2D eigenvalue weighted by Crippen LogP contribution is -2.36. The number of esters is 1. The number of carbonyl (C=O) groups is 1. The summed E-state index contributed by atoms with van der Waals surface area (Å²) in [5.41, 5.74) is 0.0793. The quantitative estimate of drug-likeness (QED) is 0.791. The van der Waals surface area contributed by atoms with Gasteiger partial charge in [-0.25, -0.2) is 8.78 Å². The second-order valence-corrected chi connectivity index (χ2v) is 6.31. The number of methoxy groups -OCH3 is 1. The van der Waals surface area contributed by atoms with Crippen LogP contribution in [-0.4, -0.2) is 24.2 Å². The van der Waals surface area contributed by atoms with Gasteiger partial charge in [-0.1, -0.05) is 12.1 Å². The number of nitrogens with zero attached hydrogens (tertiary/aromatic N) is 1.